The first kappa shape index (κ1) is 17.6. The van der Waals surface area contributed by atoms with E-state index in [0.29, 0.717) is 5.92 Å². The van der Waals surface area contributed by atoms with E-state index in [0.717, 1.165) is 36.2 Å². The van der Waals surface area contributed by atoms with Crippen molar-refractivity contribution in [1.29, 1.82) is 0 Å². The Bertz CT molecular complexity index is 547. The third-order valence-electron chi connectivity index (χ3n) is 6.45. The van der Waals surface area contributed by atoms with Gasteiger partial charge in [-0.3, -0.25) is 0 Å². The predicted molar refractivity (Wildman–Crippen MR) is 95.9 cm³/mol. The summed E-state index contributed by atoms with van der Waals surface area (Å²) in [5, 5.41) is 0. The quantitative estimate of drug-likeness (QED) is 0.520. The summed E-state index contributed by atoms with van der Waals surface area (Å²) in [5.41, 5.74) is 0.988. The molecule has 0 saturated heterocycles. The molecule has 0 amide bonds. The Kier molecular flexibility index (Phi) is 6.08. The Morgan fingerprint density at radius 2 is 1.50 bits per heavy atom. The number of rotatable bonds is 4. The second kappa shape index (κ2) is 8.27. The highest BCUT2D eigenvalue weighted by molar-refractivity contribution is 5.22. The minimum Gasteiger partial charge on any atom is -0.204 e. The minimum atomic E-state index is -0.734. The van der Waals surface area contributed by atoms with Gasteiger partial charge in [-0.15, -0.1) is 0 Å². The maximum absolute atomic E-state index is 13.4. The Labute approximate surface area is 145 Å². The molecule has 0 nitrogen and oxygen atoms in total. The van der Waals surface area contributed by atoms with E-state index in [-0.39, 0.29) is 0 Å². The van der Waals surface area contributed by atoms with E-state index in [2.05, 4.69) is 19.1 Å². The number of hydrogen-bond donors (Lipinski definition) is 0. The maximum Gasteiger partial charge on any atom is 0.159 e. The van der Waals surface area contributed by atoms with Gasteiger partial charge in [-0.2, -0.15) is 0 Å². The summed E-state index contributed by atoms with van der Waals surface area (Å²) in [4.78, 5) is 0. The summed E-state index contributed by atoms with van der Waals surface area (Å²) in [6, 6.07) is 4.46. The molecule has 2 aliphatic rings. The maximum atomic E-state index is 13.4. The highest BCUT2D eigenvalue weighted by atomic mass is 19.2. The molecule has 0 spiro atoms. The van der Waals surface area contributed by atoms with Crippen LogP contribution in [0.15, 0.2) is 30.4 Å². The summed E-state index contributed by atoms with van der Waals surface area (Å²) in [6.07, 6.45) is 16.1. The van der Waals surface area contributed by atoms with Crippen molar-refractivity contribution in [3.8, 4) is 0 Å². The number of hydrogen-bond acceptors (Lipinski definition) is 0. The summed E-state index contributed by atoms with van der Waals surface area (Å²) in [6.45, 7) is 2.11. The first-order valence-electron chi connectivity index (χ1n) is 9.73. The van der Waals surface area contributed by atoms with Crippen LogP contribution in [0.4, 0.5) is 8.78 Å². The van der Waals surface area contributed by atoms with Gasteiger partial charge in [-0.25, -0.2) is 8.78 Å². The molecule has 0 N–H and O–H groups in total. The second-order valence-electron chi connectivity index (χ2n) is 7.87. The van der Waals surface area contributed by atoms with Crippen LogP contribution in [-0.2, 0) is 0 Å². The van der Waals surface area contributed by atoms with Crippen LogP contribution in [0, 0.1) is 29.4 Å². The number of benzene rings is 1. The van der Waals surface area contributed by atoms with Crippen LogP contribution in [0.1, 0.15) is 76.2 Å². The van der Waals surface area contributed by atoms with Gasteiger partial charge in [0.25, 0.3) is 0 Å². The van der Waals surface area contributed by atoms with Crippen LogP contribution in [0.25, 0.3) is 0 Å². The van der Waals surface area contributed by atoms with Crippen molar-refractivity contribution in [1.82, 2.24) is 0 Å². The molecule has 2 saturated carbocycles. The fraction of sp³-hybridized carbons (Fsp3) is 0.636. The lowest BCUT2D eigenvalue weighted by molar-refractivity contribution is 0.160. The molecule has 2 heteroatoms. The van der Waals surface area contributed by atoms with Crippen LogP contribution < -0.4 is 0 Å². The van der Waals surface area contributed by atoms with Gasteiger partial charge < -0.3 is 0 Å². The van der Waals surface area contributed by atoms with Gasteiger partial charge in [0.15, 0.2) is 11.6 Å². The third kappa shape index (κ3) is 4.26. The molecule has 0 bridgehead atoms. The molecule has 0 heterocycles. The summed E-state index contributed by atoms with van der Waals surface area (Å²) < 4.78 is 26.5. The van der Waals surface area contributed by atoms with E-state index in [1.165, 1.54) is 57.1 Å². The highest BCUT2D eigenvalue weighted by Gasteiger charge is 2.31. The zero-order valence-electron chi connectivity index (χ0n) is 14.8. The van der Waals surface area contributed by atoms with Crippen molar-refractivity contribution in [3.63, 3.8) is 0 Å². The molecule has 0 aliphatic heterocycles. The Morgan fingerprint density at radius 1 is 0.875 bits per heavy atom. The molecule has 0 aromatic heterocycles. The zero-order chi connectivity index (χ0) is 16.9. The monoisotopic (exact) mass is 332 g/mol. The summed E-state index contributed by atoms with van der Waals surface area (Å²) >= 11 is 0. The van der Waals surface area contributed by atoms with Gasteiger partial charge >= 0.3 is 0 Å². The molecule has 0 radical (unpaired) electrons. The SMILES string of the molecule is CC=CCC1CCC(C2CCC(c3ccc(F)c(F)c3)CC2)CC1. The van der Waals surface area contributed by atoms with Crippen molar-refractivity contribution in [2.24, 2.45) is 17.8 Å². The molecule has 1 aromatic rings. The Balaban J connectivity index is 1.48. The van der Waals surface area contributed by atoms with Crippen molar-refractivity contribution < 1.29 is 8.78 Å². The molecular weight excluding hydrogens is 302 g/mol. The predicted octanol–water partition coefficient (Wildman–Crippen LogP) is 7.01. The van der Waals surface area contributed by atoms with Crippen molar-refractivity contribution in [2.45, 2.75) is 70.6 Å². The van der Waals surface area contributed by atoms with Gasteiger partial charge in [0.1, 0.15) is 0 Å². The fourth-order valence-corrected chi connectivity index (χ4v) is 4.91. The molecule has 1 aromatic carbocycles. The van der Waals surface area contributed by atoms with E-state index < -0.39 is 11.6 Å². The van der Waals surface area contributed by atoms with E-state index >= 15 is 0 Å². The van der Waals surface area contributed by atoms with Gasteiger partial charge in [0, 0.05) is 0 Å². The normalized spacial score (nSPS) is 31.5. The van der Waals surface area contributed by atoms with Gasteiger partial charge in [0.2, 0.25) is 0 Å². The zero-order valence-corrected chi connectivity index (χ0v) is 14.8. The Morgan fingerprint density at radius 3 is 2.08 bits per heavy atom. The molecule has 0 atom stereocenters. The third-order valence-corrected chi connectivity index (χ3v) is 6.45. The van der Waals surface area contributed by atoms with Gasteiger partial charge in [-0.1, -0.05) is 18.2 Å². The average molecular weight is 332 g/mol. The largest absolute Gasteiger partial charge is 0.204 e. The summed E-state index contributed by atoms with van der Waals surface area (Å²) in [5.74, 6) is 1.64. The molecular formula is C22H30F2. The molecule has 132 valence electrons. The first-order valence-corrected chi connectivity index (χ1v) is 9.73. The smallest absolute Gasteiger partial charge is 0.159 e. The van der Waals surface area contributed by atoms with Crippen LogP contribution in [-0.4, -0.2) is 0 Å². The molecule has 2 aliphatic carbocycles. The molecule has 3 rings (SSSR count). The van der Waals surface area contributed by atoms with E-state index in [1.807, 2.05) is 0 Å². The number of allylic oxidation sites excluding steroid dienone is 2. The molecule has 2 fully saturated rings. The van der Waals surface area contributed by atoms with Crippen LogP contribution >= 0.6 is 0 Å². The van der Waals surface area contributed by atoms with Crippen molar-refractivity contribution in [3.05, 3.63) is 47.5 Å². The van der Waals surface area contributed by atoms with Crippen LogP contribution in [0.3, 0.4) is 0 Å². The summed E-state index contributed by atoms with van der Waals surface area (Å²) in [7, 11) is 0. The fourth-order valence-electron chi connectivity index (χ4n) is 4.91. The van der Waals surface area contributed by atoms with Gasteiger partial charge in [-0.05, 0) is 106 Å². The topological polar surface area (TPSA) is 0 Å². The van der Waals surface area contributed by atoms with Crippen molar-refractivity contribution in [2.75, 3.05) is 0 Å². The Hall–Kier alpha value is -1.18. The van der Waals surface area contributed by atoms with E-state index in [4.69, 9.17) is 0 Å². The molecule has 24 heavy (non-hydrogen) atoms. The van der Waals surface area contributed by atoms with Crippen molar-refractivity contribution >= 4 is 0 Å². The standard InChI is InChI=1S/C22H30F2/c1-2-3-4-16-5-7-17(8-6-16)18-9-11-19(12-10-18)20-13-14-21(23)22(24)15-20/h2-3,13-19H,4-12H2,1H3. The van der Waals surface area contributed by atoms with E-state index in [1.54, 1.807) is 6.07 Å². The van der Waals surface area contributed by atoms with Crippen LogP contribution in [0.5, 0.6) is 0 Å². The van der Waals surface area contributed by atoms with Gasteiger partial charge in [0.05, 0.1) is 0 Å². The number of halogens is 2. The second-order valence-corrected chi connectivity index (χ2v) is 7.87. The highest BCUT2D eigenvalue weighted by Crippen LogP contribution is 2.44. The average Bonchev–Trinajstić information content (AvgIpc) is 2.63. The van der Waals surface area contributed by atoms with E-state index in [9.17, 15) is 8.78 Å². The first-order chi connectivity index (χ1) is 11.7. The lowest BCUT2D eigenvalue weighted by Crippen LogP contribution is -2.25. The molecule has 0 unspecified atom stereocenters. The lowest BCUT2D eigenvalue weighted by atomic mass is 9.68. The minimum absolute atomic E-state index is 0.419. The van der Waals surface area contributed by atoms with Crippen LogP contribution in [0.2, 0.25) is 0 Å². The lowest BCUT2D eigenvalue weighted by Gasteiger charge is -2.38.